The van der Waals surface area contributed by atoms with Crippen LogP contribution in [0.25, 0.3) is 9.88 Å². The van der Waals surface area contributed by atoms with Crippen LogP contribution in [0.5, 0.6) is 0 Å². The average Bonchev–Trinajstić information content (AvgIpc) is 2.94. The molecule has 1 amide bonds. The van der Waals surface area contributed by atoms with E-state index in [9.17, 15) is 4.79 Å². The van der Waals surface area contributed by atoms with Crippen LogP contribution in [0.3, 0.4) is 0 Å². The highest BCUT2D eigenvalue weighted by Crippen LogP contribution is 2.30. The number of nitrogens with one attached hydrogen (secondary N) is 1. The van der Waals surface area contributed by atoms with Gasteiger partial charge in [-0.3, -0.25) is 4.79 Å². The first-order chi connectivity index (χ1) is 8.58. The number of amides is 1. The number of thiazole rings is 1. The van der Waals surface area contributed by atoms with Crippen molar-refractivity contribution in [3.8, 4) is 9.88 Å². The van der Waals surface area contributed by atoms with Gasteiger partial charge in [0.1, 0.15) is 9.88 Å². The predicted octanol–water partition coefficient (Wildman–Crippen LogP) is 2.29. The van der Waals surface area contributed by atoms with Gasteiger partial charge in [-0.1, -0.05) is 6.07 Å². The van der Waals surface area contributed by atoms with E-state index in [4.69, 9.17) is 5.11 Å². The summed E-state index contributed by atoms with van der Waals surface area (Å²) in [5, 5.41) is 14.7. The van der Waals surface area contributed by atoms with Gasteiger partial charge in [0, 0.05) is 6.54 Å². The highest BCUT2D eigenvalue weighted by molar-refractivity contribution is 7.22. The molecular formula is C12H14N2O2S2. The maximum atomic E-state index is 11.9. The molecule has 0 unspecified atom stereocenters. The molecule has 1 atom stereocenters. The summed E-state index contributed by atoms with van der Waals surface area (Å²) in [5.41, 5.74) is 0.728. The molecule has 0 aliphatic rings. The Hall–Kier alpha value is -1.24. The van der Waals surface area contributed by atoms with Crippen molar-refractivity contribution < 1.29 is 9.90 Å². The van der Waals surface area contributed by atoms with Crippen LogP contribution in [0.1, 0.15) is 22.3 Å². The van der Waals surface area contributed by atoms with Crippen LogP contribution in [0.4, 0.5) is 0 Å². The zero-order chi connectivity index (χ0) is 13.1. The lowest BCUT2D eigenvalue weighted by Crippen LogP contribution is -2.30. The second-order valence-corrected chi connectivity index (χ2v) is 5.92. The minimum absolute atomic E-state index is 0.172. The lowest BCUT2D eigenvalue weighted by atomic mass is 10.3. The first-order valence-corrected chi connectivity index (χ1v) is 7.25. The summed E-state index contributed by atoms with van der Waals surface area (Å²) < 4.78 is 0. The molecule has 0 saturated heterocycles. The first kappa shape index (κ1) is 13.2. The van der Waals surface area contributed by atoms with E-state index < -0.39 is 6.10 Å². The van der Waals surface area contributed by atoms with Gasteiger partial charge >= 0.3 is 0 Å². The third-order valence-electron chi connectivity index (χ3n) is 2.29. The molecule has 6 heteroatoms. The van der Waals surface area contributed by atoms with E-state index in [-0.39, 0.29) is 12.5 Å². The van der Waals surface area contributed by atoms with E-state index in [0.717, 1.165) is 15.6 Å². The molecule has 0 aliphatic heterocycles. The number of carbonyl (C=O) groups excluding carboxylic acids is 1. The highest BCUT2D eigenvalue weighted by Gasteiger charge is 2.16. The molecule has 0 aliphatic carbocycles. The molecule has 2 aromatic rings. The second-order valence-electron chi connectivity index (χ2n) is 3.97. The highest BCUT2D eigenvalue weighted by atomic mass is 32.1. The van der Waals surface area contributed by atoms with Crippen molar-refractivity contribution in [1.82, 2.24) is 10.3 Å². The summed E-state index contributed by atoms with van der Waals surface area (Å²) in [6, 6.07) is 3.95. The summed E-state index contributed by atoms with van der Waals surface area (Å²) in [5.74, 6) is -0.172. The molecular weight excluding hydrogens is 268 g/mol. The molecule has 96 valence electrons. The molecule has 0 radical (unpaired) electrons. The number of rotatable bonds is 4. The molecule has 0 fully saturated rings. The van der Waals surface area contributed by atoms with Gasteiger partial charge in [-0.05, 0) is 25.3 Å². The standard InChI is InChI=1S/C12H14N2O2S2/c1-7(15)6-13-11(16)10-8(2)14-12(18-10)9-4-3-5-17-9/h3-5,7,15H,6H2,1-2H3,(H,13,16)/t7-/m1/s1. The maximum absolute atomic E-state index is 11.9. The molecule has 0 spiro atoms. The Balaban J connectivity index is 2.17. The van der Waals surface area contributed by atoms with Crippen LogP contribution in [0.2, 0.25) is 0 Å². The van der Waals surface area contributed by atoms with Crippen LogP contribution < -0.4 is 5.32 Å². The largest absolute Gasteiger partial charge is 0.392 e. The SMILES string of the molecule is Cc1nc(-c2cccs2)sc1C(=O)NC[C@@H](C)O. The Morgan fingerprint density at radius 1 is 1.61 bits per heavy atom. The number of aromatic nitrogens is 1. The van der Waals surface area contributed by atoms with Gasteiger partial charge in [-0.15, -0.1) is 22.7 Å². The van der Waals surface area contributed by atoms with Crippen LogP contribution >= 0.6 is 22.7 Å². The van der Waals surface area contributed by atoms with Crippen LogP contribution in [0.15, 0.2) is 17.5 Å². The van der Waals surface area contributed by atoms with Crippen molar-refractivity contribution in [3.05, 3.63) is 28.1 Å². The third-order valence-corrected chi connectivity index (χ3v) is 4.49. The molecule has 2 rings (SSSR count). The molecule has 0 bridgehead atoms. The minimum atomic E-state index is -0.543. The quantitative estimate of drug-likeness (QED) is 0.904. The topological polar surface area (TPSA) is 62.2 Å². The monoisotopic (exact) mass is 282 g/mol. The fraction of sp³-hybridized carbons (Fsp3) is 0.333. The maximum Gasteiger partial charge on any atom is 0.263 e. The van der Waals surface area contributed by atoms with Crippen molar-refractivity contribution in [2.75, 3.05) is 6.54 Å². The number of nitrogens with zero attached hydrogens (tertiary/aromatic N) is 1. The van der Waals surface area contributed by atoms with Crippen LogP contribution in [-0.4, -0.2) is 28.6 Å². The summed E-state index contributed by atoms with van der Waals surface area (Å²) in [6.45, 7) is 3.71. The number of aryl methyl sites for hydroxylation is 1. The summed E-state index contributed by atoms with van der Waals surface area (Å²) in [7, 11) is 0. The lowest BCUT2D eigenvalue weighted by molar-refractivity contribution is 0.0927. The number of hydrogen-bond acceptors (Lipinski definition) is 5. The Morgan fingerprint density at radius 2 is 2.39 bits per heavy atom. The second kappa shape index (κ2) is 5.60. The third kappa shape index (κ3) is 2.95. The minimum Gasteiger partial charge on any atom is -0.392 e. The zero-order valence-electron chi connectivity index (χ0n) is 10.1. The molecule has 0 aromatic carbocycles. The summed E-state index contributed by atoms with van der Waals surface area (Å²) in [6.07, 6.45) is -0.543. The van der Waals surface area contributed by atoms with Gasteiger partial charge < -0.3 is 10.4 Å². The normalized spacial score (nSPS) is 12.4. The smallest absolute Gasteiger partial charge is 0.263 e. The van der Waals surface area contributed by atoms with Gasteiger partial charge in [-0.25, -0.2) is 4.98 Å². The Labute approximate surface area is 113 Å². The van der Waals surface area contributed by atoms with Crippen molar-refractivity contribution in [2.45, 2.75) is 20.0 Å². The Kier molecular flexibility index (Phi) is 4.11. The molecule has 2 heterocycles. The number of hydrogen-bond donors (Lipinski definition) is 2. The first-order valence-electron chi connectivity index (χ1n) is 5.55. The Morgan fingerprint density at radius 3 is 3.00 bits per heavy atom. The van der Waals surface area contributed by atoms with Gasteiger partial charge in [0.05, 0.1) is 16.7 Å². The van der Waals surface area contributed by atoms with Crippen LogP contribution in [0, 0.1) is 6.92 Å². The molecule has 0 saturated carbocycles. The molecule has 2 N–H and O–H groups in total. The van der Waals surface area contributed by atoms with E-state index in [0.29, 0.717) is 4.88 Å². The molecule has 18 heavy (non-hydrogen) atoms. The number of thiophene rings is 1. The lowest BCUT2D eigenvalue weighted by Gasteiger charge is -2.05. The van der Waals surface area contributed by atoms with Gasteiger partial charge in [0.25, 0.3) is 5.91 Å². The van der Waals surface area contributed by atoms with E-state index in [1.165, 1.54) is 11.3 Å². The van der Waals surface area contributed by atoms with Crippen molar-refractivity contribution in [1.29, 1.82) is 0 Å². The zero-order valence-corrected chi connectivity index (χ0v) is 11.8. The molecule has 2 aromatic heterocycles. The van der Waals surface area contributed by atoms with Gasteiger partial charge in [0.2, 0.25) is 0 Å². The number of carbonyl (C=O) groups is 1. The van der Waals surface area contributed by atoms with E-state index in [1.807, 2.05) is 24.4 Å². The van der Waals surface area contributed by atoms with Crippen LogP contribution in [-0.2, 0) is 0 Å². The Bertz CT molecular complexity index is 532. The number of aliphatic hydroxyl groups excluding tert-OH is 1. The van der Waals surface area contributed by atoms with E-state index in [2.05, 4.69) is 10.3 Å². The molecule has 4 nitrogen and oxygen atoms in total. The summed E-state index contributed by atoms with van der Waals surface area (Å²) in [4.78, 5) is 18.0. The van der Waals surface area contributed by atoms with E-state index in [1.54, 1.807) is 18.3 Å². The fourth-order valence-electron chi connectivity index (χ4n) is 1.43. The predicted molar refractivity (Wildman–Crippen MR) is 74.2 cm³/mol. The average molecular weight is 282 g/mol. The van der Waals surface area contributed by atoms with Crippen molar-refractivity contribution in [3.63, 3.8) is 0 Å². The van der Waals surface area contributed by atoms with Gasteiger partial charge in [0.15, 0.2) is 0 Å². The summed E-state index contributed by atoms with van der Waals surface area (Å²) >= 11 is 2.99. The van der Waals surface area contributed by atoms with E-state index >= 15 is 0 Å². The van der Waals surface area contributed by atoms with Crippen molar-refractivity contribution >= 4 is 28.6 Å². The fourth-order valence-corrected chi connectivity index (χ4v) is 3.21. The van der Waals surface area contributed by atoms with Gasteiger partial charge in [-0.2, -0.15) is 0 Å². The van der Waals surface area contributed by atoms with Crippen molar-refractivity contribution in [2.24, 2.45) is 0 Å². The number of aliphatic hydroxyl groups is 1.